The summed E-state index contributed by atoms with van der Waals surface area (Å²) in [6.07, 6.45) is 3.52. The number of para-hydroxylation sites is 1. The number of nitrogens with zero attached hydrogens (tertiary/aromatic N) is 2. The summed E-state index contributed by atoms with van der Waals surface area (Å²) in [4.78, 5) is 31.4. The Hall–Kier alpha value is -2.47. The lowest BCUT2D eigenvalue weighted by Gasteiger charge is -2.34. The molecule has 2 aromatic rings. The molecule has 130 valence electrons. The van der Waals surface area contributed by atoms with Gasteiger partial charge in [-0.05, 0) is 50.4 Å². The van der Waals surface area contributed by atoms with E-state index in [1.165, 1.54) is 4.90 Å². The van der Waals surface area contributed by atoms with Gasteiger partial charge in [-0.3, -0.25) is 14.7 Å². The molecular weight excluding hydrogens is 316 g/mol. The van der Waals surface area contributed by atoms with Gasteiger partial charge in [0.25, 0.3) is 5.91 Å². The first-order valence-corrected chi connectivity index (χ1v) is 8.77. The largest absolute Gasteiger partial charge is 0.325 e. The molecule has 1 aromatic heterocycles. The van der Waals surface area contributed by atoms with E-state index in [-0.39, 0.29) is 24.4 Å². The van der Waals surface area contributed by atoms with Crippen molar-refractivity contribution in [2.45, 2.75) is 31.8 Å². The molecule has 1 atom stereocenters. The van der Waals surface area contributed by atoms with Crippen molar-refractivity contribution < 1.29 is 9.59 Å². The highest BCUT2D eigenvalue weighted by molar-refractivity contribution is 6.07. The molecule has 4 rings (SSSR count). The molecule has 2 fully saturated rings. The zero-order valence-corrected chi connectivity index (χ0v) is 14.3. The maximum Gasteiger partial charge on any atom is 0.325 e. The van der Waals surface area contributed by atoms with E-state index in [4.69, 9.17) is 0 Å². The molecule has 2 aliphatic heterocycles. The van der Waals surface area contributed by atoms with Crippen molar-refractivity contribution in [3.05, 3.63) is 42.1 Å². The van der Waals surface area contributed by atoms with Crippen LogP contribution in [0.3, 0.4) is 0 Å². The van der Waals surface area contributed by atoms with Crippen molar-refractivity contribution in [3.8, 4) is 0 Å². The average molecular weight is 338 g/mol. The minimum absolute atomic E-state index is 0.127. The fourth-order valence-corrected chi connectivity index (χ4v) is 4.00. The molecule has 0 spiro atoms. The number of carbonyl (C=O) groups excluding carboxylic acids is 2. The van der Waals surface area contributed by atoms with Crippen LogP contribution in [0.1, 0.15) is 25.3 Å². The maximum atomic E-state index is 13.1. The van der Waals surface area contributed by atoms with Gasteiger partial charge in [0.05, 0.1) is 12.1 Å². The summed E-state index contributed by atoms with van der Waals surface area (Å²) < 4.78 is 0. The summed E-state index contributed by atoms with van der Waals surface area (Å²) in [6.45, 7) is 3.89. The van der Waals surface area contributed by atoms with E-state index in [1.807, 2.05) is 37.3 Å². The molecule has 6 heteroatoms. The van der Waals surface area contributed by atoms with Gasteiger partial charge in [-0.25, -0.2) is 4.79 Å². The van der Waals surface area contributed by atoms with Crippen LogP contribution in [0.2, 0.25) is 0 Å². The van der Waals surface area contributed by atoms with Crippen LogP contribution in [-0.2, 0) is 11.3 Å². The zero-order valence-electron chi connectivity index (χ0n) is 14.3. The van der Waals surface area contributed by atoms with Crippen LogP contribution in [0.15, 0.2) is 36.5 Å². The van der Waals surface area contributed by atoms with E-state index < -0.39 is 5.54 Å². The highest BCUT2D eigenvalue weighted by Gasteiger charge is 2.52. The number of rotatable bonds is 3. The van der Waals surface area contributed by atoms with Gasteiger partial charge in [0.2, 0.25) is 0 Å². The molecule has 0 aliphatic carbocycles. The number of amides is 3. The third-order valence-electron chi connectivity index (χ3n) is 5.50. The lowest BCUT2D eigenvalue weighted by molar-refractivity contribution is -0.133. The molecule has 0 radical (unpaired) electrons. The number of imide groups is 1. The quantitative estimate of drug-likeness (QED) is 0.840. The number of aromatic nitrogens is 1. The maximum absolute atomic E-state index is 13.1. The number of pyridine rings is 1. The smallest absolute Gasteiger partial charge is 0.323 e. The average Bonchev–Trinajstić information content (AvgIpc) is 2.87. The summed E-state index contributed by atoms with van der Waals surface area (Å²) in [6, 6.07) is 9.40. The number of hydrogen-bond acceptors (Lipinski definition) is 4. The first kappa shape index (κ1) is 16.0. The summed E-state index contributed by atoms with van der Waals surface area (Å²) >= 11 is 0. The number of nitrogens with one attached hydrogen (secondary N) is 2. The zero-order chi connectivity index (χ0) is 17.4. The van der Waals surface area contributed by atoms with Crippen LogP contribution in [-0.4, -0.2) is 40.5 Å². The highest BCUT2D eigenvalue weighted by atomic mass is 16.2. The van der Waals surface area contributed by atoms with Crippen molar-refractivity contribution in [3.63, 3.8) is 0 Å². The first-order valence-electron chi connectivity index (χ1n) is 8.77. The van der Waals surface area contributed by atoms with E-state index in [1.54, 1.807) is 6.20 Å². The fraction of sp³-hybridized carbons (Fsp3) is 0.421. The normalized spacial score (nSPS) is 24.8. The Labute approximate surface area is 146 Å². The second kappa shape index (κ2) is 6.11. The Morgan fingerprint density at radius 3 is 2.76 bits per heavy atom. The predicted molar refractivity (Wildman–Crippen MR) is 94.8 cm³/mol. The standard InChI is InChI=1S/C19H22N4O2/c1-19(15-7-10-20-11-8-15)17(24)23(18(25)22-19)12-14-5-2-4-13-6-3-9-21-16(13)14/h2-6,9,15,20H,7-8,10-12H2,1H3,(H,22,25)/t19-/m0/s1. The van der Waals surface area contributed by atoms with Crippen molar-refractivity contribution in [2.75, 3.05) is 13.1 Å². The molecule has 6 nitrogen and oxygen atoms in total. The van der Waals surface area contributed by atoms with Gasteiger partial charge in [0, 0.05) is 11.6 Å². The van der Waals surface area contributed by atoms with E-state index in [0.29, 0.717) is 0 Å². The fourth-order valence-electron chi connectivity index (χ4n) is 4.00. The Balaban J connectivity index is 1.62. The van der Waals surface area contributed by atoms with Crippen molar-refractivity contribution in [1.82, 2.24) is 20.5 Å². The van der Waals surface area contributed by atoms with Crippen LogP contribution in [0.25, 0.3) is 10.9 Å². The summed E-state index contributed by atoms with van der Waals surface area (Å²) in [5, 5.41) is 7.27. The molecule has 0 saturated carbocycles. The van der Waals surface area contributed by atoms with Crippen molar-refractivity contribution in [2.24, 2.45) is 5.92 Å². The number of hydrogen-bond donors (Lipinski definition) is 2. The number of benzene rings is 1. The molecule has 3 amide bonds. The number of fused-ring (bicyclic) bond motifs is 1. The van der Waals surface area contributed by atoms with Crippen LogP contribution >= 0.6 is 0 Å². The molecule has 0 bridgehead atoms. The predicted octanol–water partition coefficient (Wildman–Crippen LogP) is 2.04. The molecule has 0 unspecified atom stereocenters. The second-order valence-electron chi connectivity index (χ2n) is 7.04. The second-order valence-corrected chi connectivity index (χ2v) is 7.04. The van der Waals surface area contributed by atoms with Crippen LogP contribution in [0.5, 0.6) is 0 Å². The van der Waals surface area contributed by atoms with Crippen molar-refractivity contribution in [1.29, 1.82) is 0 Å². The van der Waals surface area contributed by atoms with Gasteiger partial charge < -0.3 is 10.6 Å². The lowest BCUT2D eigenvalue weighted by atomic mass is 9.79. The van der Waals surface area contributed by atoms with Crippen LogP contribution in [0, 0.1) is 5.92 Å². The molecule has 2 N–H and O–H groups in total. The van der Waals surface area contributed by atoms with E-state index in [9.17, 15) is 9.59 Å². The van der Waals surface area contributed by atoms with E-state index >= 15 is 0 Å². The minimum Gasteiger partial charge on any atom is -0.323 e. The third-order valence-corrected chi connectivity index (χ3v) is 5.50. The highest BCUT2D eigenvalue weighted by Crippen LogP contribution is 2.32. The van der Waals surface area contributed by atoms with Gasteiger partial charge >= 0.3 is 6.03 Å². The topological polar surface area (TPSA) is 74.3 Å². The SMILES string of the molecule is C[C@@]1(C2CCNCC2)NC(=O)N(Cc2cccc3cccnc23)C1=O. The van der Waals surface area contributed by atoms with Gasteiger partial charge in [-0.1, -0.05) is 24.3 Å². The van der Waals surface area contributed by atoms with Crippen LogP contribution in [0.4, 0.5) is 4.79 Å². The third kappa shape index (κ3) is 2.66. The minimum atomic E-state index is -0.808. The summed E-state index contributed by atoms with van der Waals surface area (Å²) in [5.74, 6) is 0.0400. The number of piperidine rings is 1. The molecule has 3 heterocycles. The van der Waals surface area contributed by atoms with E-state index in [0.717, 1.165) is 42.4 Å². The van der Waals surface area contributed by atoms with Gasteiger partial charge in [-0.2, -0.15) is 0 Å². The number of carbonyl (C=O) groups is 2. The monoisotopic (exact) mass is 338 g/mol. The summed E-state index contributed by atoms with van der Waals surface area (Å²) in [5.41, 5.74) is 0.911. The van der Waals surface area contributed by atoms with Gasteiger partial charge in [0.1, 0.15) is 5.54 Å². The Morgan fingerprint density at radius 2 is 1.96 bits per heavy atom. The molecule has 25 heavy (non-hydrogen) atoms. The Morgan fingerprint density at radius 1 is 1.20 bits per heavy atom. The molecular formula is C19H22N4O2. The number of urea groups is 1. The lowest BCUT2D eigenvalue weighted by Crippen LogP contribution is -2.53. The van der Waals surface area contributed by atoms with Crippen LogP contribution < -0.4 is 10.6 Å². The Kier molecular flexibility index (Phi) is 3.92. The molecule has 1 aromatic carbocycles. The van der Waals surface area contributed by atoms with Crippen molar-refractivity contribution >= 4 is 22.8 Å². The first-order chi connectivity index (χ1) is 12.1. The van der Waals surface area contributed by atoms with E-state index in [2.05, 4.69) is 15.6 Å². The van der Waals surface area contributed by atoms with Gasteiger partial charge in [0.15, 0.2) is 0 Å². The summed E-state index contributed by atoms with van der Waals surface area (Å²) in [7, 11) is 0. The molecule has 2 saturated heterocycles. The van der Waals surface area contributed by atoms with Gasteiger partial charge in [-0.15, -0.1) is 0 Å². The Bertz CT molecular complexity index is 826. The molecule has 2 aliphatic rings.